The molecule has 1 N–H and O–H groups in total. The third kappa shape index (κ3) is 2.32. The zero-order chi connectivity index (χ0) is 17.7. The van der Waals surface area contributed by atoms with Gasteiger partial charge in [-0.05, 0) is 6.92 Å². The summed E-state index contributed by atoms with van der Waals surface area (Å²) in [6, 6.07) is 3.26. The Bertz CT molecular complexity index is 816. The van der Waals surface area contributed by atoms with Crippen molar-refractivity contribution < 1.29 is 27.5 Å². The van der Waals surface area contributed by atoms with Crippen LogP contribution in [0.4, 0.5) is 13.2 Å². The van der Waals surface area contributed by atoms with Crippen molar-refractivity contribution in [3.8, 4) is 23.4 Å². The molecule has 1 aliphatic rings. The van der Waals surface area contributed by atoms with Gasteiger partial charge in [0.05, 0.1) is 0 Å². The van der Waals surface area contributed by atoms with E-state index in [2.05, 4.69) is 10.3 Å². The Morgan fingerprint density at radius 3 is 2.88 bits per heavy atom. The first-order chi connectivity index (χ1) is 11.2. The summed E-state index contributed by atoms with van der Waals surface area (Å²) in [7, 11) is 0. The molecule has 1 aliphatic heterocycles. The lowest BCUT2D eigenvalue weighted by molar-refractivity contribution is -0.261. The number of alkyl halides is 3. The lowest BCUT2D eigenvalue weighted by Gasteiger charge is -2.27. The first-order valence-corrected chi connectivity index (χ1v) is 7.04. The van der Waals surface area contributed by atoms with E-state index in [0.29, 0.717) is 12.6 Å². The summed E-state index contributed by atoms with van der Waals surface area (Å²) < 4.78 is 51.1. The van der Waals surface area contributed by atoms with Crippen molar-refractivity contribution >= 4 is 0 Å². The third-order valence-corrected chi connectivity index (χ3v) is 3.96. The van der Waals surface area contributed by atoms with Crippen LogP contribution in [0.2, 0.25) is 0 Å². The fraction of sp³-hybridized carbons (Fsp3) is 0.500. The Morgan fingerprint density at radius 2 is 2.25 bits per heavy atom. The third-order valence-electron chi connectivity index (χ3n) is 3.96. The number of nitrogens with zero attached hydrogens (tertiary/aromatic N) is 4. The highest BCUT2D eigenvalue weighted by molar-refractivity contribution is 5.63. The second-order valence-corrected chi connectivity index (χ2v) is 5.74. The van der Waals surface area contributed by atoms with Crippen molar-refractivity contribution in [1.82, 2.24) is 14.9 Å². The van der Waals surface area contributed by atoms with Crippen LogP contribution in [0.5, 0.6) is 5.88 Å². The normalized spacial score (nSPS) is 19.1. The molecule has 0 saturated carbocycles. The molecule has 10 heteroatoms. The van der Waals surface area contributed by atoms with E-state index in [1.54, 1.807) is 13.0 Å². The summed E-state index contributed by atoms with van der Waals surface area (Å²) in [5.41, 5.74) is -3.10. The van der Waals surface area contributed by atoms with Gasteiger partial charge >= 0.3 is 6.18 Å². The molecule has 0 spiro atoms. The molecule has 3 heterocycles. The Morgan fingerprint density at radius 1 is 1.54 bits per heavy atom. The summed E-state index contributed by atoms with van der Waals surface area (Å²) >= 11 is 0. The van der Waals surface area contributed by atoms with Gasteiger partial charge in [-0.3, -0.25) is 4.68 Å². The van der Waals surface area contributed by atoms with Crippen LogP contribution < -0.4 is 4.74 Å². The van der Waals surface area contributed by atoms with Gasteiger partial charge in [0.25, 0.3) is 0 Å². The van der Waals surface area contributed by atoms with Crippen molar-refractivity contribution in [2.45, 2.75) is 38.1 Å². The Hall–Kier alpha value is -2.54. The monoisotopic (exact) mass is 342 g/mol. The number of fused-ring (bicyclic) bond motifs is 3. The molecule has 2 aromatic heterocycles. The van der Waals surface area contributed by atoms with Crippen molar-refractivity contribution in [1.29, 1.82) is 5.26 Å². The fourth-order valence-corrected chi connectivity index (χ4v) is 2.67. The molecule has 0 bridgehead atoms. The van der Waals surface area contributed by atoms with Gasteiger partial charge in [0.1, 0.15) is 17.5 Å². The van der Waals surface area contributed by atoms with Crippen LogP contribution >= 0.6 is 0 Å². The number of halogens is 3. The molecular weight excluding hydrogens is 329 g/mol. The van der Waals surface area contributed by atoms with E-state index in [4.69, 9.17) is 14.5 Å². The van der Waals surface area contributed by atoms with E-state index < -0.39 is 23.4 Å². The first-order valence-electron chi connectivity index (χ1n) is 7.04. The van der Waals surface area contributed by atoms with E-state index in [1.165, 1.54) is 10.7 Å². The summed E-state index contributed by atoms with van der Waals surface area (Å²) in [6.07, 6.45) is -4.89. The van der Waals surface area contributed by atoms with Gasteiger partial charge in [0.2, 0.25) is 11.5 Å². The summed E-state index contributed by atoms with van der Waals surface area (Å²) in [4.78, 5) is 0. The summed E-state index contributed by atoms with van der Waals surface area (Å²) in [6.45, 7) is 2.39. The van der Waals surface area contributed by atoms with Gasteiger partial charge in [-0.25, -0.2) is 0 Å². The van der Waals surface area contributed by atoms with E-state index in [9.17, 15) is 18.3 Å². The molecule has 0 fully saturated rings. The van der Waals surface area contributed by atoms with E-state index in [-0.39, 0.29) is 30.4 Å². The smallest absolute Gasteiger partial charge is 0.422 e. The molecule has 24 heavy (non-hydrogen) atoms. The van der Waals surface area contributed by atoms with Crippen LogP contribution in [0.25, 0.3) is 11.5 Å². The average molecular weight is 342 g/mol. The molecule has 128 valence electrons. The van der Waals surface area contributed by atoms with Crippen LogP contribution in [-0.2, 0) is 12.1 Å². The van der Waals surface area contributed by atoms with Gasteiger partial charge in [-0.1, -0.05) is 12.1 Å². The van der Waals surface area contributed by atoms with Gasteiger partial charge in [-0.15, -0.1) is 5.10 Å². The molecule has 2 atom stereocenters. The van der Waals surface area contributed by atoms with Crippen LogP contribution in [-0.4, -0.2) is 32.8 Å². The largest absolute Gasteiger partial charge is 0.461 e. The minimum atomic E-state index is -4.89. The van der Waals surface area contributed by atoms with Gasteiger partial charge in [0, 0.05) is 24.1 Å². The minimum Gasteiger partial charge on any atom is -0.461 e. The maximum Gasteiger partial charge on any atom is 0.422 e. The van der Waals surface area contributed by atoms with Crippen LogP contribution in [0.3, 0.4) is 0 Å². The molecule has 0 aromatic carbocycles. The molecule has 0 saturated heterocycles. The number of ether oxygens (including phenoxy) is 1. The Labute approximate surface area is 134 Å². The van der Waals surface area contributed by atoms with E-state index in [0.717, 1.165) is 0 Å². The zero-order valence-electron chi connectivity index (χ0n) is 12.8. The predicted molar refractivity (Wildman–Crippen MR) is 72.9 cm³/mol. The number of hydrogen-bond donors (Lipinski definition) is 1. The van der Waals surface area contributed by atoms with Gasteiger partial charge in [0.15, 0.2) is 12.4 Å². The van der Waals surface area contributed by atoms with Gasteiger partial charge < -0.3 is 14.4 Å². The number of aliphatic hydroxyl groups is 1. The molecule has 3 rings (SSSR count). The van der Waals surface area contributed by atoms with Crippen molar-refractivity contribution in [3.05, 3.63) is 17.3 Å². The zero-order valence-corrected chi connectivity index (χ0v) is 12.8. The highest BCUT2D eigenvalue weighted by Crippen LogP contribution is 2.46. The lowest BCUT2D eigenvalue weighted by Crippen LogP contribution is -2.40. The predicted octanol–water partition coefficient (Wildman–Crippen LogP) is 2.33. The molecule has 2 aromatic rings. The summed E-state index contributed by atoms with van der Waals surface area (Å²) in [5.74, 6) is -0.147. The maximum atomic E-state index is 13.1. The highest BCUT2D eigenvalue weighted by Gasteiger charge is 2.55. The van der Waals surface area contributed by atoms with Crippen molar-refractivity contribution in [3.63, 3.8) is 0 Å². The fourth-order valence-electron chi connectivity index (χ4n) is 2.67. The Kier molecular flexibility index (Phi) is 3.56. The molecular formula is C14H13F3N4O3. The van der Waals surface area contributed by atoms with Crippen molar-refractivity contribution in [2.75, 3.05) is 6.61 Å². The molecule has 0 unspecified atom stereocenters. The van der Waals surface area contributed by atoms with Crippen LogP contribution in [0.15, 0.2) is 10.6 Å². The second-order valence-electron chi connectivity index (χ2n) is 5.74. The standard InChI is InChI=1S/C14H13F3N4O3/c1-7-6-21-8(5-9(19-21)23-4-3-18)11-10(7)12(20-24-11)13(2,22)14(15,16)17/h5,7,22H,4,6H2,1-2H3/t7-,13+/m0/s1. The first kappa shape index (κ1) is 16.3. The second kappa shape index (κ2) is 5.24. The quantitative estimate of drug-likeness (QED) is 0.919. The lowest BCUT2D eigenvalue weighted by atomic mass is 9.88. The molecule has 7 nitrogen and oxygen atoms in total. The van der Waals surface area contributed by atoms with Crippen LogP contribution in [0.1, 0.15) is 31.0 Å². The topological polar surface area (TPSA) is 97.1 Å². The molecule has 0 aliphatic carbocycles. The minimum absolute atomic E-state index is 0.104. The maximum absolute atomic E-state index is 13.1. The number of rotatable bonds is 3. The SMILES string of the molecule is C[C@H]1Cn2nc(OCC#N)cc2-c2onc([C@@](C)(O)C(F)(F)F)c21. The summed E-state index contributed by atoms with van der Waals surface area (Å²) in [5, 5.41) is 26.1. The van der Waals surface area contributed by atoms with Crippen molar-refractivity contribution in [2.24, 2.45) is 0 Å². The number of hydrogen-bond acceptors (Lipinski definition) is 6. The number of aromatic nitrogens is 3. The molecule has 0 amide bonds. The van der Waals surface area contributed by atoms with E-state index in [1.807, 2.05) is 0 Å². The average Bonchev–Trinajstić information content (AvgIpc) is 3.07. The number of nitriles is 1. The van der Waals surface area contributed by atoms with Crippen LogP contribution in [0, 0.1) is 11.3 Å². The molecule has 0 radical (unpaired) electrons. The Balaban J connectivity index is 2.09. The van der Waals surface area contributed by atoms with E-state index >= 15 is 0 Å². The highest BCUT2D eigenvalue weighted by atomic mass is 19.4. The van der Waals surface area contributed by atoms with Gasteiger partial charge in [-0.2, -0.15) is 18.4 Å².